The second kappa shape index (κ2) is 10.1. The highest BCUT2D eigenvalue weighted by Crippen LogP contribution is 2.28. The normalized spacial score (nSPS) is 15.3. The first-order valence-electron chi connectivity index (χ1n) is 10.4. The molecule has 1 N–H and O–H groups in total. The van der Waals surface area contributed by atoms with Crippen LogP contribution in [0.5, 0.6) is 17.4 Å². The van der Waals surface area contributed by atoms with Gasteiger partial charge in [-0.1, -0.05) is 11.6 Å². The molecule has 2 atom stereocenters. The molecule has 0 bridgehead atoms. The Morgan fingerprint density at radius 3 is 2.77 bits per heavy atom. The zero-order chi connectivity index (χ0) is 25.3. The number of sulfonamides is 1. The number of halogens is 2. The largest absolute Gasteiger partial charge is 0.475 e. The number of benzene rings is 2. The molecule has 1 aliphatic heterocycles. The van der Waals surface area contributed by atoms with Gasteiger partial charge in [0.1, 0.15) is 30.0 Å². The Morgan fingerprint density at radius 2 is 2.09 bits per heavy atom. The van der Waals surface area contributed by atoms with Gasteiger partial charge in [-0.25, -0.2) is 13.8 Å². The van der Waals surface area contributed by atoms with Crippen molar-refractivity contribution >= 4 is 42.1 Å². The fraction of sp³-hybridized carbons (Fsp3) is 0.273. The molecule has 0 spiro atoms. The number of amides is 1. The van der Waals surface area contributed by atoms with Crippen molar-refractivity contribution in [3.63, 3.8) is 0 Å². The maximum absolute atomic E-state index is 13.4. The Kier molecular flexibility index (Phi) is 7.32. The maximum atomic E-state index is 13.4. The lowest BCUT2D eigenvalue weighted by molar-refractivity contribution is -0.118. The molecule has 0 fully saturated rings. The van der Waals surface area contributed by atoms with Gasteiger partial charge in [-0.05, 0) is 47.6 Å². The quantitative estimate of drug-likeness (QED) is 0.458. The number of hydrogen-bond donors (Lipinski definition) is 1. The number of carbonyl (C=O) groups is 1. The van der Waals surface area contributed by atoms with E-state index in [4.69, 9.17) is 25.8 Å². The van der Waals surface area contributed by atoms with Crippen molar-refractivity contribution in [2.24, 2.45) is 0 Å². The molecular formula is C22H22ClFN3O6PS. The third-order valence-electron chi connectivity index (χ3n) is 5.32. The van der Waals surface area contributed by atoms with E-state index in [2.05, 4.69) is 19.1 Å². The molecule has 13 heteroatoms. The molecule has 9 nitrogen and oxygen atoms in total. The number of aromatic nitrogens is 2. The van der Waals surface area contributed by atoms with E-state index in [-0.39, 0.29) is 35.1 Å². The molecule has 2 aromatic carbocycles. The summed E-state index contributed by atoms with van der Waals surface area (Å²) in [6.07, 6.45) is -0.439. The van der Waals surface area contributed by atoms with E-state index in [9.17, 15) is 17.6 Å². The molecule has 0 saturated carbocycles. The number of nitrogens with zero attached hydrogens (tertiary/aromatic N) is 2. The first-order valence-corrected chi connectivity index (χ1v) is 12.8. The summed E-state index contributed by atoms with van der Waals surface area (Å²) >= 11 is 5.79. The van der Waals surface area contributed by atoms with Crippen LogP contribution in [0, 0.1) is 12.7 Å². The van der Waals surface area contributed by atoms with Crippen LogP contribution >= 0.6 is 20.8 Å². The van der Waals surface area contributed by atoms with Crippen LogP contribution in [0.3, 0.4) is 0 Å². The van der Waals surface area contributed by atoms with Crippen molar-refractivity contribution in [2.45, 2.75) is 31.0 Å². The molecule has 0 radical (unpaired) electrons. The predicted molar refractivity (Wildman–Crippen MR) is 130 cm³/mol. The first kappa shape index (κ1) is 25.4. The van der Waals surface area contributed by atoms with Crippen LogP contribution in [-0.2, 0) is 32.5 Å². The van der Waals surface area contributed by atoms with E-state index >= 15 is 0 Å². The Morgan fingerprint density at radius 1 is 1.31 bits per heavy atom. The number of nitrogens with one attached hydrogen (secondary N) is 1. The highest BCUT2D eigenvalue weighted by Gasteiger charge is 2.28. The summed E-state index contributed by atoms with van der Waals surface area (Å²) in [5.74, 6) is -0.199. The number of hydrogen-bond acceptors (Lipinski definition) is 7. The van der Waals surface area contributed by atoms with Crippen molar-refractivity contribution in [3.8, 4) is 17.4 Å². The Bertz CT molecular complexity index is 1370. The molecule has 186 valence electrons. The monoisotopic (exact) mass is 541 g/mol. The molecule has 2 heterocycles. The predicted octanol–water partition coefficient (Wildman–Crippen LogP) is 2.73. The zero-order valence-corrected chi connectivity index (χ0v) is 21.5. The minimum absolute atomic E-state index is 0.0662. The van der Waals surface area contributed by atoms with Gasteiger partial charge in [0, 0.05) is 19.2 Å². The van der Waals surface area contributed by atoms with Gasteiger partial charge in [-0.2, -0.15) is 13.5 Å². The Balaban J connectivity index is 1.46. The highest BCUT2D eigenvalue weighted by atomic mass is 35.5. The number of methoxy groups -OCH3 is 1. The summed E-state index contributed by atoms with van der Waals surface area (Å²) in [5.41, 5.74) is 1.31. The molecule has 1 unspecified atom stereocenters. The zero-order valence-electron chi connectivity index (χ0n) is 18.7. The Hall–Kier alpha value is -2.72. The fourth-order valence-electron chi connectivity index (χ4n) is 3.51. The summed E-state index contributed by atoms with van der Waals surface area (Å²) < 4.78 is 58.7. The first-order chi connectivity index (χ1) is 16.6. The van der Waals surface area contributed by atoms with Gasteiger partial charge in [0.05, 0.1) is 18.0 Å². The van der Waals surface area contributed by atoms with Crippen LogP contribution < -0.4 is 19.5 Å². The molecule has 3 aromatic rings. The van der Waals surface area contributed by atoms with Crippen molar-refractivity contribution in [1.82, 2.24) is 14.5 Å². The second-order valence-corrected chi connectivity index (χ2v) is 10.5. The van der Waals surface area contributed by atoms with Gasteiger partial charge in [0.15, 0.2) is 0 Å². The second-order valence-electron chi connectivity index (χ2n) is 7.86. The van der Waals surface area contributed by atoms with E-state index < -0.39 is 21.7 Å². The molecule has 1 amide bonds. The van der Waals surface area contributed by atoms with Crippen LogP contribution in [0.2, 0.25) is 5.02 Å². The fourth-order valence-corrected chi connectivity index (χ4v) is 5.11. The average molecular weight is 542 g/mol. The van der Waals surface area contributed by atoms with Crippen LogP contribution in [-0.4, -0.2) is 43.9 Å². The standard InChI is InChI=1S/C22H22ClFN3O6PS/c1-12-5-14(33-13-3-4-18(24)17(23)6-13)7-19(34)16(12)8-20(28)26-35(29,30)21-9-22-27(25-21)10-15(31-2)11-32-22/h3-7,9,15H,8,10-11,34H2,1-2H3,(H,26,28)/t15-/m1/s1. The lowest BCUT2D eigenvalue weighted by atomic mass is 10.0. The molecule has 0 saturated heterocycles. The van der Waals surface area contributed by atoms with Crippen molar-refractivity contribution in [2.75, 3.05) is 13.7 Å². The smallest absolute Gasteiger partial charge is 0.283 e. The third-order valence-corrected chi connectivity index (χ3v) is 7.37. The molecule has 35 heavy (non-hydrogen) atoms. The van der Waals surface area contributed by atoms with Crippen molar-refractivity contribution in [1.29, 1.82) is 0 Å². The number of rotatable bonds is 7. The lowest BCUT2D eigenvalue weighted by Crippen LogP contribution is -2.33. The summed E-state index contributed by atoms with van der Waals surface area (Å²) in [5, 5.41) is 4.29. The number of ether oxygens (including phenoxy) is 3. The topological polar surface area (TPSA) is 109 Å². The van der Waals surface area contributed by atoms with Crippen LogP contribution in [0.4, 0.5) is 4.39 Å². The third kappa shape index (κ3) is 5.75. The average Bonchev–Trinajstić information content (AvgIpc) is 3.23. The van der Waals surface area contributed by atoms with E-state index in [1.54, 1.807) is 19.1 Å². The van der Waals surface area contributed by atoms with E-state index in [0.29, 0.717) is 34.5 Å². The van der Waals surface area contributed by atoms with E-state index in [0.717, 1.165) is 0 Å². The van der Waals surface area contributed by atoms with Gasteiger partial charge in [0.2, 0.25) is 16.8 Å². The van der Waals surface area contributed by atoms with Crippen LogP contribution in [0.25, 0.3) is 0 Å². The SMILES string of the molecule is CO[C@H]1COc2cc(S(=O)(=O)NC(=O)Cc3c(C)cc(Oc4ccc(F)c(Cl)c4)cc3P)nn2C1. The summed E-state index contributed by atoms with van der Waals surface area (Å²) in [7, 11) is -0.179. The van der Waals surface area contributed by atoms with Crippen molar-refractivity contribution < 1.29 is 31.8 Å². The minimum atomic E-state index is -4.21. The van der Waals surface area contributed by atoms with Crippen LogP contribution in [0.15, 0.2) is 41.4 Å². The number of fused-ring (bicyclic) bond motifs is 1. The molecule has 0 aliphatic carbocycles. The maximum Gasteiger partial charge on any atom is 0.283 e. The van der Waals surface area contributed by atoms with E-state index in [1.807, 2.05) is 0 Å². The van der Waals surface area contributed by atoms with Gasteiger partial charge < -0.3 is 14.2 Å². The summed E-state index contributed by atoms with van der Waals surface area (Å²) in [6, 6.07) is 8.62. The van der Waals surface area contributed by atoms with E-state index in [1.165, 1.54) is 36.1 Å². The number of carbonyl (C=O) groups excluding carboxylic acids is 1. The van der Waals surface area contributed by atoms with Gasteiger partial charge in [0.25, 0.3) is 10.0 Å². The molecule has 4 rings (SSSR count). The van der Waals surface area contributed by atoms with Gasteiger partial charge in [-0.15, -0.1) is 9.24 Å². The minimum Gasteiger partial charge on any atom is -0.475 e. The highest BCUT2D eigenvalue weighted by molar-refractivity contribution is 7.90. The molecular weight excluding hydrogens is 520 g/mol. The van der Waals surface area contributed by atoms with Crippen molar-refractivity contribution in [3.05, 3.63) is 58.4 Å². The van der Waals surface area contributed by atoms with Gasteiger partial charge in [-0.3, -0.25) is 4.79 Å². The molecule has 1 aliphatic rings. The Labute approximate surface area is 208 Å². The summed E-state index contributed by atoms with van der Waals surface area (Å²) in [4.78, 5) is 12.6. The van der Waals surface area contributed by atoms with Crippen LogP contribution in [0.1, 0.15) is 11.1 Å². The number of aryl methyl sites for hydroxylation is 1. The summed E-state index contributed by atoms with van der Waals surface area (Å²) in [6.45, 7) is 2.38. The van der Waals surface area contributed by atoms with Gasteiger partial charge >= 0.3 is 0 Å². The molecule has 1 aromatic heterocycles. The lowest BCUT2D eigenvalue weighted by Gasteiger charge is -2.22.